The van der Waals surface area contributed by atoms with Gasteiger partial charge in [0.05, 0.1) is 16.8 Å². The number of ether oxygens (including phenoxy) is 1. The molecule has 1 aliphatic rings. The van der Waals surface area contributed by atoms with E-state index in [0.29, 0.717) is 17.0 Å². The number of anilines is 1. The summed E-state index contributed by atoms with van der Waals surface area (Å²) >= 11 is 0. The second-order valence-electron chi connectivity index (χ2n) is 5.98. The summed E-state index contributed by atoms with van der Waals surface area (Å²) in [4.78, 5) is 45.8. The number of benzene rings is 2. The highest BCUT2D eigenvalue weighted by Crippen LogP contribution is 2.27. The zero-order valence-electron chi connectivity index (χ0n) is 14.2. The number of fused-ring (bicyclic) bond motifs is 1. The van der Waals surface area contributed by atoms with Gasteiger partial charge in [0.25, 0.3) is 11.8 Å². The first-order valence-corrected chi connectivity index (χ1v) is 8.12. The summed E-state index contributed by atoms with van der Waals surface area (Å²) in [5, 5.41) is 0. The SMILES string of the molecule is Cc1ccc(OC(=O)c2ccc(N3C(=O)c4cncnc4C3=O)cc2)cc1. The fourth-order valence-electron chi connectivity index (χ4n) is 2.73. The van der Waals surface area contributed by atoms with Crippen LogP contribution in [0.3, 0.4) is 0 Å². The first-order valence-electron chi connectivity index (χ1n) is 8.12. The summed E-state index contributed by atoms with van der Waals surface area (Å²) in [6.45, 7) is 1.94. The average Bonchev–Trinajstić information content (AvgIpc) is 2.95. The predicted molar refractivity (Wildman–Crippen MR) is 95.8 cm³/mol. The van der Waals surface area contributed by atoms with Crippen molar-refractivity contribution in [2.75, 3.05) is 4.90 Å². The van der Waals surface area contributed by atoms with E-state index in [0.717, 1.165) is 10.5 Å². The number of rotatable bonds is 3. The maximum absolute atomic E-state index is 12.4. The number of amides is 2. The van der Waals surface area contributed by atoms with E-state index in [2.05, 4.69) is 9.97 Å². The molecule has 4 rings (SSSR count). The highest BCUT2D eigenvalue weighted by Gasteiger charge is 2.38. The zero-order valence-corrected chi connectivity index (χ0v) is 14.2. The van der Waals surface area contributed by atoms with E-state index >= 15 is 0 Å². The van der Waals surface area contributed by atoms with Crippen molar-refractivity contribution in [1.29, 1.82) is 0 Å². The number of aryl methyl sites for hydroxylation is 1. The fourth-order valence-corrected chi connectivity index (χ4v) is 2.73. The smallest absolute Gasteiger partial charge is 0.343 e. The van der Waals surface area contributed by atoms with Gasteiger partial charge in [0.1, 0.15) is 17.8 Å². The monoisotopic (exact) mass is 359 g/mol. The Kier molecular flexibility index (Phi) is 3.97. The predicted octanol–water partition coefficient (Wildman–Crippen LogP) is 2.80. The molecule has 0 fully saturated rings. The minimum Gasteiger partial charge on any atom is -0.423 e. The number of esters is 1. The zero-order chi connectivity index (χ0) is 19.0. The molecule has 2 aromatic carbocycles. The van der Waals surface area contributed by atoms with Crippen molar-refractivity contribution in [1.82, 2.24) is 9.97 Å². The van der Waals surface area contributed by atoms with Gasteiger partial charge in [-0.2, -0.15) is 0 Å². The molecule has 0 bridgehead atoms. The molecule has 2 amide bonds. The van der Waals surface area contributed by atoms with Crippen molar-refractivity contribution in [3.8, 4) is 5.75 Å². The lowest BCUT2D eigenvalue weighted by molar-refractivity contribution is 0.0734. The Balaban J connectivity index is 1.54. The summed E-state index contributed by atoms with van der Waals surface area (Å²) in [6, 6.07) is 13.1. The van der Waals surface area contributed by atoms with E-state index in [9.17, 15) is 14.4 Å². The number of imide groups is 1. The van der Waals surface area contributed by atoms with E-state index in [1.54, 1.807) is 12.1 Å². The Bertz CT molecular complexity index is 1020. The lowest BCUT2D eigenvalue weighted by Crippen LogP contribution is -2.29. The van der Waals surface area contributed by atoms with Crippen LogP contribution < -0.4 is 9.64 Å². The number of hydrogen-bond donors (Lipinski definition) is 0. The average molecular weight is 359 g/mol. The molecule has 2 heterocycles. The van der Waals surface area contributed by atoms with Crippen molar-refractivity contribution in [2.24, 2.45) is 0 Å². The third-order valence-electron chi connectivity index (χ3n) is 4.14. The topological polar surface area (TPSA) is 89.5 Å². The first kappa shape index (κ1) is 16.6. The number of carbonyl (C=O) groups excluding carboxylic acids is 3. The third kappa shape index (κ3) is 2.95. The van der Waals surface area contributed by atoms with Gasteiger partial charge < -0.3 is 4.74 Å². The number of hydrogen-bond acceptors (Lipinski definition) is 6. The quantitative estimate of drug-likeness (QED) is 0.406. The molecule has 0 saturated carbocycles. The number of carbonyl (C=O) groups is 3. The van der Waals surface area contributed by atoms with Crippen molar-refractivity contribution in [2.45, 2.75) is 6.92 Å². The Morgan fingerprint density at radius 3 is 2.33 bits per heavy atom. The van der Waals surface area contributed by atoms with Gasteiger partial charge in [-0.25, -0.2) is 19.7 Å². The molecule has 7 heteroatoms. The molecule has 0 aliphatic carbocycles. The Morgan fingerprint density at radius 2 is 1.67 bits per heavy atom. The van der Waals surface area contributed by atoms with Crippen molar-refractivity contribution >= 4 is 23.5 Å². The summed E-state index contributed by atoms with van der Waals surface area (Å²) in [7, 11) is 0. The maximum Gasteiger partial charge on any atom is 0.343 e. The molecule has 0 N–H and O–H groups in total. The largest absolute Gasteiger partial charge is 0.423 e. The van der Waals surface area contributed by atoms with Crippen LogP contribution in [0.5, 0.6) is 5.75 Å². The van der Waals surface area contributed by atoms with Gasteiger partial charge >= 0.3 is 5.97 Å². The highest BCUT2D eigenvalue weighted by atomic mass is 16.5. The van der Waals surface area contributed by atoms with Crippen LogP contribution in [0, 0.1) is 6.92 Å². The van der Waals surface area contributed by atoms with Crippen LogP contribution in [-0.4, -0.2) is 27.8 Å². The molecule has 1 aliphatic heterocycles. The van der Waals surface area contributed by atoms with E-state index in [-0.39, 0.29) is 11.3 Å². The second-order valence-corrected chi connectivity index (χ2v) is 5.98. The summed E-state index contributed by atoms with van der Waals surface area (Å²) in [5.41, 5.74) is 1.93. The van der Waals surface area contributed by atoms with Gasteiger partial charge in [-0.3, -0.25) is 9.59 Å². The van der Waals surface area contributed by atoms with Gasteiger partial charge in [-0.15, -0.1) is 0 Å². The van der Waals surface area contributed by atoms with Crippen LogP contribution in [-0.2, 0) is 0 Å². The van der Waals surface area contributed by atoms with E-state index in [1.807, 2.05) is 19.1 Å². The first-order chi connectivity index (χ1) is 13.0. The second kappa shape index (κ2) is 6.45. The summed E-state index contributed by atoms with van der Waals surface area (Å²) in [6.07, 6.45) is 2.54. The van der Waals surface area contributed by atoms with Crippen molar-refractivity contribution < 1.29 is 19.1 Å². The number of aromatic nitrogens is 2. The van der Waals surface area contributed by atoms with E-state index < -0.39 is 17.8 Å². The standard InChI is InChI=1S/C20H13N3O4/c1-12-2-8-15(9-3-12)27-20(26)13-4-6-14(7-5-13)23-18(24)16-10-21-11-22-17(16)19(23)25/h2-11H,1H3. The van der Waals surface area contributed by atoms with Crippen LogP contribution in [0.1, 0.15) is 36.8 Å². The molecule has 0 spiro atoms. The minimum absolute atomic E-state index is 0.0675. The van der Waals surface area contributed by atoms with Crippen LogP contribution in [0.25, 0.3) is 0 Å². The van der Waals surface area contributed by atoms with Gasteiger partial charge in [0.15, 0.2) is 0 Å². The van der Waals surface area contributed by atoms with E-state index in [1.165, 1.54) is 36.8 Å². The van der Waals surface area contributed by atoms with Gasteiger partial charge in [0, 0.05) is 6.20 Å². The molecule has 0 saturated heterocycles. The van der Waals surface area contributed by atoms with Crippen molar-refractivity contribution in [3.05, 3.63) is 83.4 Å². The van der Waals surface area contributed by atoms with Crippen LogP contribution in [0.2, 0.25) is 0 Å². The van der Waals surface area contributed by atoms with Gasteiger partial charge in [0.2, 0.25) is 0 Å². The normalized spacial score (nSPS) is 12.9. The molecule has 0 unspecified atom stereocenters. The van der Waals surface area contributed by atoms with Gasteiger partial charge in [-0.1, -0.05) is 17.7 Å². The minimum atomic E-state index is -0.529. The summed E-state index contributed by atoms with van der Waals surface area (Å²) in [5.74, 6) is -1.11. The lowest BCUT2D eigenvalue weighted by Gasteiger charge is -2.13. The summed E-state index contributed by atoms with van der Waals surface area (Å²) < 4.78 is 5.31. The van der Waals surface area contributed by atoms with Gasteiger partial charge in [-0.05, 0) is 43.3 Å². The Morgan fingerprint density at radius 1 is 0.963 bits per heavy atom. The van der Waals surface area contributed by atoms with Crippen molar-refractivity contribution in [3.63, 3.8) is 0 Å². The maximum atomic E-state index is 12.4. The number of nitrogens with zero attached hydrogens (tertiary/aromatic N) is 3. The molecule has 0 radical (unpaired) electrons. The molecule has 1 aromatic heterocycles. The Labute approximate surface area is 154 Å². The molecular formula is C20H13N3O4. The van der Waals surface area contributed by atoms with Crippen LogP contribution >= 0.6 is 0 Å². The van der Waals surface area contributed by atoms with Crippen LogP contribution in [0.15, 0.2) is 61.1 Å². The molecule has 0 atom stereocenters. The lowest BCUT2D eigenvalue weighted by atomic mass is 10.2. The molecule has 7 nitrogen and oxygen atoms in total. The van der Waals surface area contributed by atoms with E-state index in [4.69, 9.17) is 4.74 Å². The molecule has 132 valence electrons. The molecule has 3 aromatic rings. The fraction of sp³-hybridized carbons (Fsp3) is 0.0500. The Hall–Kier alpha value is -3.87. The third-order valence-corrected chi connectivity index (χ3v) is 4.14. The molecule has 27 heavy (non-hydrogen) atoms. The molecular weight excluding hydrogens is 346 g/mol. The van der Waals surface area contributed by atoms with Crippen LogP contribution in [0.4, 0.5) is 5.69 Å². The highest BCUT2D eigenvalue weighted by molar-refractivity contribution is 6.33.